The van der Waals surface area contributed by atoms with Gasteiger partial charge in [0.05, 0.1) is 11.9 Å². The highest BCUT2D eigenvalue weighted by Gasteiger charge is 2.58. The molecule has 3 aromatic rings. The number of urea groups is 1. The molecular formula is C27H24F4N6O4. The van der Waals surface area contributed by atoms with Crippen molar-refractivity contribution in [3.05, 3.63) is 77.4 Å². The summed E-state index contributed by atoms with van der Waals surface area (Å²) >= 11 is 0. The third kappa shape index (κ3) is 4.89. The fourth-order valence-electron chi connectivity index (χ4n) is 5.14. The van der Waals surface area contributed by atoms with E-state index in [2.05, 4.69) is 15.6 Å². The SMILES string of the molecule is CC(N(Cc1ccc(F)cc1)C(=O)CN1C(=O)N[C@]2(C/C(=N\O)c3cc(-c4cnn(C)c4)ccc32)C1=O)C(F)(F)F. The lowest BCUT2D eigenvalue weighted by Crippen LogP contribution is -2.51. The Labute approximate surface area is 230 Å². The second-order valence-electron chi connectivity index (χ2n) is 9.98. The number of aryl methyl sites for hydroxylation is 1. The molecule has 1 aliphatic heterocycles. The summed E-state index contributed by atoms with van der Waals surface area (Å²) in [5, 5.41) is 19.7. The number of hydrogen-bond acceptors (Lipinski definition) is 6. The molecule has 0 saturated carbocycles. The summed E-state index contributed by atoms with van der Waals surface area (Å²) in [5.41, 5.74) is 0.786. The lowest BCUT2D eigenvalue weighted by atomic mass is 9.90. The van der Waals surface area contributed by atoms with Gasteiger partial charge in [0.25, 0.3) is 5.91 Å². The minimum Gasteiger partial charge on any atom is -0.411 e. The number of imide groups is 1. The number of amides is 4. The van der Waals surface area contributed by atoms with Crippen molar-refractivity contribution in [3.8, 4) is 11.1 Å². The Balaban J connectivity index is 1.44. The van der Waals surface area contributed by atoms with E-state index in [9.17, 15) is 37.2 Å². The van der Waals surface area contributed by atoms with Gasteiger partial charge in [-0.2, -0.15) is 18.3 Å². The maximum Gasteiger partial charge on any atom is 0.408 e. The van der Waals surface area contributed by atoms with E-state index < -0.39 is 54.5 Å². The van der Waals surface area contributed by atoms with E-state index in [-0.39, 0.29) is 17.7 Å². The lowest BCUT2D eigenvalue weighted by molar-refractivity contribution is -0.187. The maximum atomic E-state index is 13.7. The first kappa shape index (κ1) is 27.8. The number of nitrogens with one attached hydrogen (secondary N) is 1. The number of alkyl halides is 3. The van der Waals surface area contributed by atoms with Gasteiger partial charge in [-0.15, -0.1) is 0 Å². The molecule has 1 aliphatic carbocycles. The smallest absolute Gasteiger partial charge is 0.408 e. The first-order valence-corrected chi connectivity index (χ1v) is 12.4. The molecule has 2 aromatic carbocycles. The standard InChI is InChI=1S/C27H24F4N6O4/c1-15(27(29,30)31)36(12-16-3-6-19(28)7-4-16)23(38)14-37-24(39)26(33-25(37)40)10-22(34-41)20-9-17(5-8-21(20)26)18-11-32-35(2)13-18/h3-9,11,13,15,41H,10,12,14H2,1-2H3,(H,33,40)/b34-22+/t15?,26-/m0/s1. The molecular weight excluding hydrogens is 548 g/mol. The van der Waals surface area contributed by atoms with E-state index in [0.29, 0.717) is 26.5 Å². The first-order valence-electron chi connectivity index (χ1n) is 12.4. The minimum atomic E-state index is -4.81. The van der Waals surface area contributed by atoms with Crippen LogP contribution in [-0.2, 0) is 28.7 Å². The molecule has 14 heteroatoms. The van der Waals surface area contributed by atoms with Crippen LogP contribution < -0.4 is 5.32 Å². The number of aromatic nitrogens is 2. The van der Waals surface area contributed by atoms with E-state index in [1.54, 1.807) is 42.3 Å². The summed E-state index contributed by atoms with van der Waals surface area (Å²) in [7, 11) is 1.74. The summed E-state index contributed by atoms with van der Waals surface area (Å²) in [5.74, 6) is -2.61. The number of benzene rings is 2. The zero-order valence-electron chi connectivity index (χ0n) is 21.8. The van der Waals surface area contributed by atoms with E-state index in [1.807, 2.05) is 0 Å². The Morgan fingerprint density at radius 2 is 1.90 bits per heavy atom. The molecule has 1 saturated heterocycles. The van der Waals surface area contributed by atoms with Gasteiger partial charge in [-0.3, -0.25) is 19.2 Å². The molecule has 1 unspecified atom stereocenters. The van der Waals surface area contributed by atoms with Crippen LogP contribution in [0, 0.1) is 5.82 Å². The molecule has 10 nitrogen and oxygen atoms in total. The van der Waals surface area contributed by atoms with Gasteiger partial charge in [0.15, 0.2) is 5.54 Å². The fourth-order valence-corrected chi connectivity index (χ4v) is 5.14. The van der Waals surface area contributed by atoms with Gasteiger partial charge in [-0.05, 0) is 41.8 Å². The van der Waals surface area contributed by atoms with Gasteiger partial charge < -0.3 is 15.4 Å². The summed E-state index contributed by atoms with van der Waals surface area (Å²) in [6, 6.07) is 6.31. The fraction of sp³-hybridized carbons (Fsp3) is 0.296. The van der Waals surface area contributed by atoms with Crippen molar-refractivity contribution in [3.63, 3.8) is 0 Å². The molecule has 5 rings (SSSR count). The highest BCUT2D eigenvalue weighted by atomic mass is 19.4. The molecule has 1 aromatic heterocycles. The number of oxime groups is 1. The zero-order chi connectivity index (χ0) is 29.7. The van der Waals surface area contributed by atoms with Gasteiger partial charge >= 0.3 is 12.2 Å². The van der Waals surface area contributed by atoms with E-state index in [1.165, 1.54) is 12.1 Å². The molecule has 2 aliphatic rings. The normalized spacial score (nSPS) is 20.0. The quantitative estimate of drug-likeness (QED) is 0.203. The number of carbonyl (C=O) groups is 3. The van der Waals surface area contributed by atoms with Crippen molar-refractivity contribution in [2.75, 3.05) is 6.54 Å². The molecule has 214 valence electrons. The van der Waals surface area contributed by atoms with Crippen LogP contribution in [0.1, 0.15) is 30.0 Å². The average Bonchev–Trinajstić information content (AvgIpc) is 3.57. The van der Waals surface area contributed by atoms with E-state index in [4.69, 9.17) is 0 Å². The van der Waals surface area contributed by atoms with Crippen molar-refractivity contribution in [1.29, 1.82) is 0 Å². The Kier molecular flexibility index (Phi) is 6.79. The Bertz CT molecular complexity index is 1570. The molecule has 4 amide bonds. The van der Waals surface area contributed by atoms with Gasteiger partial charge in [0.2, 0.25) is 5.91 Å². The van der Waals surface area contributed by atoms with E-state index >= 15 is 0 Å². The Morgan fingerprint density at radius 1 is 1.20 bits per heavy atom. The van der Waals surface area contributed by atoms with Crippen LogP contribution in [-0.4, -0.2) is 67.1 Å². The van der Waals surface area contributed by atoms with Crippen molar-refractivity contribution >= 4 is 23.6 Å². The summed E-state index contributed by atoms with van der Waals surface area (Å²) in [6.07, 6.45) is -1.66. The largest absolute Gasteiger partial charge is 0.411 e. The van der Waals surface area contributed by atoms with Crippen molar-refractivity contribution in [2.45, 2.75) is 37.6 Å². The summed E-state index contributed by atoms with van der Waals surface area (Å²) in [6.45, 7) is -0.718. The number of nitrogens with zero attached hydrogens (tertiary/aromatic N) is 5. The van der Waals surface area contributed by atoms with Crippen LogP contribution in [0.25, 0.3) is 11.1 Å². The Hall–Kier alpha value is -4.75. The molecule has 0 radical (unpaired) electrons. The van der Waals surface area contributed by atoms with E-state index in [0.717, 1.165) is 24.6 Å². The summed E-state index contributed by atoms with van der Waals surface area (Å²) < 4.78 is 56.0. The number of rotatable bonds is 6. The molecule has 0 bridgehead atoms. The molecule has 1 fully saturated rings. The predicted octanol–water partition coefficient (Wildman–Crippen LogP) is 3.53. The van der Waals surface area contributed by atoms with Crippen LogP contribution in [0.5, 0.6) is 0 Å². The number of hydrogen-bond donors (Lipinski definition) is 2. The van der Waals surface area contributed by atoms with Gasteiger partial charge in [-0.1, -0.05) is 29.4 Å². The van der Waals surface area contributed by atoms with Crippen molar-refractivity contribution < 1.29 is 37.2 Å². The monoisotopic (exact) mass is 572 g/mol. The number of halogens is 4. The molecule has 1 spiro atoms. The highest BCUT2D eigenvalue weighted by Crippen LogP contribution is 2.43. The van der Waals surface area contributed by atoms with Crippen LogP contribution in [0.3, 0.4) is 0 Å². The predicted molar refractivity (Wildman–Crippen MR) is 136 cm³/mol. The van der Waals surface area contributed by atoms with Crippen LogP contribution in [0.2, 0.25) is 0 Å². The zero-order valence-corrected chi connectivity index (χ0v) is 21.8. The second-order valence-corrected chi connectivity index (χ2v) is 9.98. The van der Waals surface area contributed by atoms with Crippen LogP contribution >= 0.6 is 0 Å². The third-order valence-corrected chi connectivity index (χ3v) is 7.38. The van der Waals surface area contributed by atoms with Gasteiger partial charge in [-0.25, -0.2) is 9.18 Å². The van der Waals surface area contributed by atoms with Crippen LogP contribution in [0.4, 0.5) is 22.4 Å². The average molecular weight is 573 g/mol. The number of fused-ring (bicyclic) bond motifs is 2. The maximum absolute atomic E-state index is 13.7. The Morgan fingerprint density at radius 3 is 2.51 bits per heavy atom. The minimum absolute atomic E-state index is 0.108. The molecule has 2 heterocycles. The first-order chi connectivity index (χ1) is 19.3. The molecule has 2 atom stereocenters. The van der Waals surface area contributed by atoms with Crippen LogP contribution in [0.15, 0.2) is 60.0 Å². The molecule has 41 heavy (non-hydrogen) atoms. The number of carbonyl (C=O) groups excluding carboxylic acids is 3. The summed E-state index contributed by atoms with van der Waals surface area (Å²) in [4.78, 5) is 41.0. The third-order valence-electron chi connectivity index (χ3n) is 7.38. The van der Waals surface area contributed by atoms with Gasteiger partial charge in [0, 0.05) is 37.3 Å². The molecule has 2 N–H and O–H groups in total. The van der Waals surface area contributed by atoms with Gasteiger partial charge in [0.1, 0.15) is 18.4 Å². The van der Waals surface area contributed by atoms with Crippen molar-refractivity contribution in [1.82, 2.24) is 24.9 Å². The topological polar surface area (TPSA) is 120 Å². The second kappa shape index (κ2) is 10.0. The van der Waals surface area contributed by atoms with Crippen molar-refractivity contribution in [2.24, 2.45) is 12.2 Å². The highest BCUT2D eigenvalue weighted by molar-refractivity contribution is 6.18. The lowest BCUT2D eigenvalue weighted by Gasteiger charge is -2.32.